The van der Waals surface area contributed by atoms with Crippen LogP contribution in [0.1, 0.15) is 36.1 Å². The highest BCUT2D eigenvalue weighted by atomic mass is 19.1. The summed E-state index contributed by atoms with van der Waals surface area (Å²) in [6.07, 6.45) is 3.52. The van der Waals surface area contributed by atoms with Crippen LogP contribution >= 0.6 is 0 Å². The second-order valence-corrected chi connectivity index (χ2v) is 7.76. The van der Waals surface area contributed by atoms with E-state index in [1.807, 2.05) is 36.4 Å². The summed E-state index contributed by atoms with van der Waals surface area (Å²) in [7, 11) is 0. The van der Waals surface area contributed by atoms with Gasteiger partial charge in [-0.2, -0.15) is 0 Å². The lowest BCUT2D eigenvalue weighted by Gasteiger charge is -2.38. The maximum atomic E-state index is 13.6. The number of H-pyrrole nitrogens is 1. The molecule has 142 valence electrons. The van der Waals surface area contributed by atoms with Gasteiger partial charge in [-0.25, -0.2) is 4.39 Å². The van der Waals surface area contributed by atoms with Crippen LogP contribution in [-0.2, 0) is 12.0 Å². The number of nitrogens with zero attached hydrogens (tertiary/aromatic N) is 1. The fourth-order valence-corrected chi connectivity index (χ4v) is 4.34. The van der Waals surface area contributed by atoms with Gasteiger partial charge in [0.1, 0.15) is 5.82 Å². The largest absolute Gasteiger partial charge is 0.385 e. The molecule has 0 spiro atoms. The summed E-state index contributed by atoms with van der Waals surface area (Å²) < 4.78 is 13.6. The first-order valence-electron chi connectivity index (χ1n) is 9.82. The van der Waals surface area contributed by atoms with Crippen molar-refractivity contribution in [3.63, 3.8) is 0 Å². The first kappa shape index (κ1) is 18.2. The lowest BCUT2D eigenvalue weighted by molar-refractivity contribution is -0.0259. The Balaban J connectivity index is 1.34. The fourth-order valence-electron chi connectivity index (χ4n) is 4.34. The number of nitrogens with one attached hydrogen (secondary N) is 1. The highest BCUT2D eigenvalue weighted by molar-refractivity contribution is 5.84. The topological polar surface area (TPSA) is 39.3 Å². The normalized spacial score (nSPS) is 17.4. The molecule has 0 amide bonds. The maximum Gasteiger partial charge on any atom is 0.123 e. The van der Waals surface area contributed by atoms with Crippen LogP contribution in [0.4, 0.5) is 4.39 Å². The zero-order chi connectivity index (χ0) is 18.9. The molecule has 2 heterocycles. The van der Waals surface area contributed by atoms with E-state index in [2.05, 4.69) is 16.8 Å². The Kier molecular flexibility index (Phi) is 5.02. The number of aliphatic hydroxyl groups is 1. The van der Waals surface area contributed by atoms with E-state index in [4.69, 9.17) is 0 Å². The van der Waals surface area contributed by atoms with E-state index in [9.17, 15) is 9.50 Å². The van der Waals surface area contributed by atoms with Gasteiger partial charge < -0.3 is 15.0 Å². The monoisotopic (exact) mass is 366 g/mol. The lowest BCUT2D eigenvalue weighted by atomic mass is 9.84. The van der Waals surface area contributed by atoms with Gasteiger partial charge in [0.05, 0.1) is 5.60 Å². The first-order valence-corrected chi connectivity index (χ1v) is 9.82. The Morgan fingerprint density at radius 3 is 2.59 bits per heavy atom. The summed E-state index contributed by atoms with van der Waals surface area (Å²) >= 11 is 0. The van der Waals surface area contributed by atoms with Crippen molar-refractivity contribution in [2.45, 2.75) is 38.2 Å². The van der Waals surface area contributed by atoms with E-state index in [1.54, 1.807) is 6.07 Å². The molecule has 1 saturated heterocycles. The molecule has 4 rings (SSSR count). The SMILES string of the molecule is Cc1[nH]c2ccc(F)cc2c1CCCN1CCC(O)(c2ccccc2)CC1. The van der Waals surface area contributed by atoms with Crippen molar-refractivity contribution in [2.24, 2.45) is 0 Å². The third kappa shape index (κ3) is 3.78. The Morgan fingerprint density at radius 1 is 1.11 bits per heavy atom. The van der Waals surface area contributed by atoms with Crippen LogP contribution in [0.5, 0.6) is 0 Å². The summed E-state index contributed by atoms with van der Waals surface area (Å²) in [5, 5.41) is 12.0. The average molecular weight is 366 g/mol. The molecule has 4 heteroatoms. The van der Waals surface area contributed by atoms with Crippen molar-refractivity contribution in [1.29, 1.82) is 0 Å². The molecule has 1 aliphatic rings. The van der Waals surface area contributed by atoms with Gasteiger partial charge >= 0.3 is 0 Å². The van der Waals surface area contributed by atoms with E-state index >= 15 is 0 Å². The van der Waals surface area contributed by atoms with Gasteiger partial charge in [-0.15, -0.1) is 0 Å². The molecule has 1 aliphatic heterocycles. The quantitative estimate of drug-likeness (QED) is 0.696. The molecule has 0 bridgehead atoms. The number of aromatic nitrogens is 1. The summed E-state index contributed by atoms with van der Waals surface area (Å²) in [6, 6.07) is 15.0. The number of aromatic amines is 1. The molecule has 0 atom stereocenters. The predicted molar refractivity (Wildman–Crippen MR) is 107 cm³/mol. The summed E-state index contributed by atoms with van der Waals surface area (Å²) in [4.78, 5) is 5.79. The van der Waals surface area contributed by atoms with Crippen LogP contribution in [0.15, 0.2) is 48.5 Å². The number of aryl methyl sites for hydroxylation is 2. The van der Waals surface area contributed by atoms with Crippen LogP contribution in [0, 0.1) is 12.7 Å². The van der Waals surface area contributed by atoms with Crippen LogP contribution in [0.3, 0.4) is 0 Å². The van der Waals surface area contributed by atoms with Gasteiger partial charge in [0.2, 0.25) is 0 Å². The minimum Gasteiger partial charge on any atom is -0.385 e. The Morgan fingerprint density at radius 2 is 1.85 bits per heavy atom. The van der Waals surface area contributed by atoms with E-state index in [0.29, 0.717) is 0 Å². The molecule has 27 heavy (non-hydrogen) atoms. The summed E-state index contributed by atoms with van der Waals surface area (Å²) in [6.45, 7) is 4.89. The molecular weight excluding hydrogens is 339 g/mol. The molecule has 0 unspecified atom stereocenters. The van der Waals surface area contributed by atoms with Crippen molar-refractivity contribution in [2.75, 3.05) is 19.6 Å². The van der Waals surface area contributed by atoms with Gasteiger partial charge in [0.15, 0.2) is 0 Å². The minimum absolute atomic E-state index is 0.182. The zero-order valence-electron chi connectivity index (χ0n) is 15.8. The molecule has 0 radical (unpaired) electrons. The molecule has 0 aliphatic carbocycles. The van der Waals surface area contributed by atoms with Crippen molar-refractivity contribution in [3.05, 3.63) is 71.2 Å². The predicted octanol–water partition coefficient (Wildman–Crippen LogP) is 4.53. The average Bonchev–Trinajstić information content (AvgIpc) is 2.99. The molecule has 2 N–H and O–H groups in total. The summed E-state index contributed by atoms with van der Waals surface area (Å²) in [5.41, 5.74) is 3.70. The molecule has 1 aromatic heterocycles. The second-order valence-electron chi connectivity index (χ2n) is 7.76. The molecule has 2 aromatic carbocycles. The molecule has 3 aromatic rings. The van der Waals surface area contributed by atoms with E-state index in [0.717, 1.165) is 67.5 Å². The molecular formula is C23H27FN2O. The third-order valence-corrected chi connectivity index (χ3v) is 5.98. The van der Waals surface area contributed by atoms with Crippen molar-refractivity contribution in [1.82, 2.24) is 9.88 Å². The molecule has 1 fully saturated rings. The first-order chi connectivity index (χ1) is 13.0. The maximum absolute atomic E-state index is 13.6. The second kappa shape index (κ2) is 7.45. The lowest BCUT2D eigenvalue weighted by Crippen LogP contribution is -2.42. The van der Waals surface area contributed by atoms with Crippen molar-refractivity contribution in [3.8, 4) is 0 Å². The smallest absolute Gasteiger partial charge is 0.123 e. The van der Waals surface area contributed by atoms with Crippen molar-refractivity contribution >= 4 is 10.9 Å². The van der Waals surface area contributed by atoms with E-state index in [-0.39, 0.29) is 5.82 Å². The molecule has 3 nitrogen and oxygen atoms in total. The highest BCUT2D eigenvalue weighted by Gasteiger charge is 2.33. The minimum atomic E-state index is -0.692. The number of benzene rings is 2. The number of rotatable bonds is 5. The zero-order valence-corrected chi connectivity index (χ0v) is 15.8. The number of hydrogen-bond acceptors (Lipinski definition) is 2. The van der Waals surface area contributed by atoms with E-state index < -0.39 is 5.60 Å². The third-order valence-electron chi connectivity index (χ3n) is 5.98. The number of piperidine rings is 1. The van der Waals surface area contributed by atoms with Crippen LogP contribution in [0.25, 0.3) is 10.9 Å². The highest BCUT2D eigenvalue weighted by Crippen LogP contribution is 2.32. The Bertz CT molecular complexity index is 911. The van der Waals surface area contributed by atoms with Crippen LogP contribution in [0.2, 0.25) is 0 Å². The van der Waals surface area contributed by atoms with Gasteiger partial charge in [0.25, 0.3) is 0 Å². The van der Waals surface area contributed by atoms with Gasteiger partial charge in [-0.1, -0.05) is 30.3 Å². The number of halogens is 1. The van der Waals surface area contributed by atoms with Crippen LogP contribution in [-0.4, -0.2) is 34.6 Å². The summed E-state index contributed by atoms with van der Waals surface area (Å²) in [5.74, 6) is -0.182. The number of hydrogen-bond donors (Lipinski definition) is 2. The Hall–Kier alpha value is -2.17. The number of likely N-dealkylation sites (tertiary alicyclic amines) is 1. The number of fused-ring (bicyclic) bond motifs is 1. The fraction of sp³-hybridized carbons (Fsp3) is 0.391. The van der Waals surface area contributed by atoms with E-state index in [1.165, 1.54) is 11.6 Å². The van der Waals surface area contributed by atoms with Gasteiger partial charge in [-0.05, 0) is 68.5 Å². The standard InChI is InChI=1S/C23H27FN2O/c1-17-20(21-16-19(24)9-10-22(21)25-17)8-5-13-26-14-11-23(27,12-15-26)18-6-3-2-4-7-18/h2-4,6-7,9-10,16,25,27H,5,8,11-15H2,1H3. The van der Waals surface area contributed by atoms with Crippen molar-refractivity contribution < 1.29 is 9.50 Å². The van der Waals surface area contributed by atoms with Crippen LogP contribution < -0.4 is 0 Å². The molecule has 0 saturated carbocycles. The van der Waals surface area contributed by atoms with Gasteiger partial charge in [-0.3, -0.25) is 0 Å². The van der Waals surface area contributed by atoms with Gasteiger partial charge in [0, 0.05) is 29.7 Å². The Labute approximate surface area is 159 Å².